The van der Waals surface area contributed by atoms with Crippen molar-refractivity contribution in [3.8, 4) is 22.6 Å². The van der Waals surface area contributed by atoms with Gasteiger partial charge in [-0.2, -0.15) is 0 Å². The zero-order chi connectivity index (χ0) is 27.3. The SMILES string of the molecule is Cc1ccc(/C(=C/c2c(-c3ccccc3)oc(-c3ccccc3)c2C(=O)c2ccccc2)c2ccccc2)cc1. The Labute approximate surface area is 234 Å². The van der Waals surface area contributed by atoms with E-state index in [1.807, 2.05) is 109 Å². The van der Waals surface area contributed by atoms with Crippen molar-refractivity contribution in [1.29, 1.82) is 0 Å². The summed E-state index contributed by atoms with van der Waals surface area (Å²) in [6.45, 7) is 2.09. The second kappa shape index (κ2) is 11.3. The molecule has 2 heteroatoms. The van der Waals surface area contributed by atoms with E-state index in [0.717, 1.165) is 33.4 Å². The third-order valence-electron chi connectivity index (χ3n) is 7.02. The van der Waals surface area contributed by atoms with Crippen molar-refractivity contribution < 1.29 is 9.21 Å². The molecule has 0 saturated heterocycles. The van der Waals surface area contributed by atoms with Gasteiger partial charge in [-0.1, -0.05) is 151 Å². The fourth-order valence-corrected chi connectivity index (χ4v) is 4.97. The van der Waals surface area contributed by atoms with Gasteiger partial charge in [0, 0.05) is 22.3 Å². The first-order valence-electron chi connectivity index (χ1n) is 13.4. The highest BCUT2D eigenvalue weighted by Crippen LogP contribution is 2.41. The number of furan rings is 1. The number of aryl methyl sites for hydroxylation is 1. The Hall–Kier alpha value is -5.21. The van der Waals surface area contributed by atoms with Crippen molar-refractivity contribution in [2.45, 2.75) is 6.92 Å². The van der Waals surface area contributed by atoms with Crippen molar-refractivity contribution in [3.05, 3.63) is 179 Å². The zero-order valence-corrected chi connectivity index (χ0v) is 22.3. The second-order valence-corrected chi connectivity index (χ2v) is 9.77. The van der Waals surface area contributed by atoms with E-state index in [1.54, 1.807) is 0 Å². The van der Waals surface area contributed by atoms with Gasteiger partial charge in [0.15, 0.2) is 5.78 Å². The fourth-order valence-electron chi connectivity index (χ4n) is 4.97. The molecule has 0 atom stereocenters. The van der Waals surface area contributed by atoms with Gasteiger partial charge >= 0.3 is 0 Å². The molecule has 0 unspecified atom stereocenters. The minimum Gasteiger partial charge on any atom is -0.455 e. The average Bonchev–Trinajstić information content (AvgIpc) is 3.41. The van der Waals surface area contributed by atoms with Crippen LogP contribution in [-0.2, 0) is 0 Å². The lowest BCUT2D eigenvalue weighted by Crippen LogP contribution is -2.04. The molecule has 192 valence electrons. The van der Waals surface area contributed by atoms with Gasteiger partial charge in [-0.05, 0) is 29.7 Å². The lowest BCUT2D eigenvalue weighted by Gasteiger charge is -2.11. The Kier molecular flexibility index (Phi) is 7.07. The molecular weight excluding hydrogens is 488 g/mol. The Balaban J connectivity index is 1.70. The van der Waals surface area contributed by atoms with Crippen molar-refractivity contribution >= 4 is 17.4 Å². The van der Waals surface area contributed by atoms with Crippen LogP contribution in [0.1, 0.15) is 38.2 Å². The second-order valence-electron chi connectivity index (χ2n) is 9.77. The number of hydrogen-bond acceptors (Lipinski definition) is 2. The smallest absolute Gasteiger partial charge is 0.197 e. The van der Waals surface area contributed by atoms with Crippen LogP contribution in [0.3, 0.4) is 0 Å². The van der Waals surface area contributed by atoms with E-state index in [4.69, 9.17) is 4.42 Å². The summed E-state index contributed by atoms with van der Waals surface area (Å²) < 4.78 is 6.69. The summed E-state index contributed by atoms with van der Waals surface area (Å²) in [4.78, 5) is 14.3. The Bertz CT molecular complexity index is 1760. The van der Waals surface area contributed by atoms with Crippen molar-refractivity contribution in [2.24, 2.45) is 0 Å². The van der Waals surface area contributed by atoms with E-state index < -0.39 is 0 Å². The molecule has 40 heavy (non-hydrogen) atoms. The molecule has 0 amide bonds. The van der Waals surface area contributed by atoms with Crippen LogP contribution in [-0.4, -0.2) is 5.78 Å². The normalized spacial score (nSPS) is 11.4. The quantitative estimate of drug-likeness (QED) is 0.198. The molecular formula is C38H28O2. The first-order chi connectivity index (χ1) is 19.7. The maximum Gasteiger partial charge on any atom is 0.197 e. The highest BCUT2D eigenvalue weighted by molar-refractivity contribution is 6.16. The summed E-state index contributed by atoms with van der Waals surface area (Å²) >= 11 is 0. The molecule has 0 saturated carbocycles. The molecule has 6 aromatic rings. The minimum atomic E-state index is -0.0760. The molecule has 0 fully saturated rings. The summed E-state index contributed by atoms with van der Waals surface area (Å²) in [6.07, 6.45) is 2.12. The van der Waals surface area contributed by atoms with E-state index in [0.29, 0.717) is 22.6 Å². The van der Waals surface area contributed by atoms with Gasteiger partial charge < -0.3 is 4.42 Å². The predicted molar refractivity (Wildman–Crippen MR) is 164 cm³/mol. The van der Waals surface area contributed by atoms with Gasteiger partial charge in [-0.25, -0.2) is 0 Å². The van der Waals surface area contributed by atoms with Crippen LogP contribution in [0.2, 0.25) is 0 Å². The largest absolute Gasteiger partial charge is 0.455 e. The van der Waals surface area contributed by atoms with Crippen LogP contribution in [0, 0.1) is 6.92 Å². The Morgan fingerprint density at radius 1 is 0.525 bits per heavy atom. The monoisotopic (exact) mass is 516 g/mol. The fraction of sp³-hybridized carbons (Fsp3) is 0.0263. The van der Waals surface area contributed by atoms with E-state index in [1.165, 1.54) is 5.56 Å². The number of ketones is 1. The van der Waals surface area contributed by atoms with E-state index >= 15 is 0 Å². The number of benzene rings is 5. The van der Waals surface area contributed by atoms with Gasteiger partial charge in [0.25, 0.3) is 0 Å². The standard InChI is InChI=1S/C38H28O2/c1-27-22-24-29(25-23-27)33(28-14-6-2-7-15-28)26-34-35(36(39)30-16-8-3-9-17-30)38(32-20-12-5-13-21-32)40-37(34)31-18-10-4-11-19-31/h2-26H,1H3/b33-26+. The lowest BCUT2D eigenvalue weighted by atomic mass is 9.90. The van der Waals surface area contributed by atoms with Gasteiger partial charge in [0.1, 0.15) is 11.5 Å². The molecule has 1 heterocycles. The van der Waals surface area contributed by atoms with Crippen molar-refractivity contribution in [1.82, 2.24) is 0 Å². The van der Waals surface area contributed by atoms with Crippen LogP contribution in [0.25, 0.3) is 34.3 Å². The molecule has 0 aliphatic heterocycles. The molecule has 0 aliphatic rings. The first-order valence-corrected chi connectivity index (χ1v) is 13.4. The minimum absolute atomic E-state index is 0.0760. The summed E-state index contributed by atoms with van der Waals surface area (Å²) in [5, 5.41) is 0. The summed E-state index contributed by atoms with van der Waals surface area (Å²) in [7, 11) is 0. The van der Waals surface area contributed by atoms with Crippen molar-refractivity contribution in [2.75, 3.05) is 0 Å². The summed E-state index contributed by atoms with van der Waals surface area (Å²) in [5.41, 5.74) is 8.03. The van der Waals surface area contributed by atoms with Crippen LogP contribution >= 0.6 is 0 Å². The number of rotatable bonds is 7. The Morgan fingerprint density at radius 2 is 0.975 bits per heavy atom. The van der Waals surface area contributed by atoms with E-state index in [2.05, 4.69) is 49.4 Å². The molecule has 2 nitrogen and oxygen atoms in total. The highest BCUT2D eigenvalue weighted by atomic mass is 16.3. The van der Waals surface area contributed by atoms with Crippen LogP contribution < -0.4 is 0 Å². The maximum absolute atomic E-state index is 14.3. The number of carbonyl (C=O) groups excluding carboxylic acids is 1. The topological polar surface area (TPSA) is 30.2 Å². The molecule has 0 aliphatic carbocycles. The van der Waals surface area contributed by atoms with Crippen molar-refractivity contribution in [3.63, 3.8) is 0 Å². The molecule has 5 aromatic carbocycles. The molecule has 6 rings (SSSR count). The third-order valence-corrected chi connectivity index (χ3v) is 7.02. The maximum atomic E-state index is 14.3. The molecule has 0 radical (unpaired) electrons. The highest BCUT2D eigenvalue weighted by Gasteiger charge is 2.27. The van der Waals surface area contributed by atoms with Gasteiger partial charge in [0.2, 0.25) is 0 Å². The van der Waals surface area contributed by atoms with Crippen LogP contribution in [0.4, 0.5) is 0 Å². The van der Waals surface area contributed by atoms with Gasteiger partial charge in [-0.3, -0.25) is 4.79 Å². The Morgan fingerprint density at radius 3 is 1.52 bits per heavy atom. The van der Waals surface area contributed by atoms with Gasteiger partial charge in [0.05, 0.1) is 5.56 Å². The zero-order valence-electron chi connectivity index (χ0n) is 22.3. The summed E-state index contributed by atoms with van der Waals surface area (Å²) in [6, 6.07) is 48.1. The third kappa shape index (κ3) is 5.08. The van der Waals surface area contributed by atoms with E-state index in [9.17, 15) is 4.79 Å². The van der Waals surface area contributed by atoms with Crippen LogP contribution in [0.5, 0.6) is 0 Å². The molecule has 1 aromatic heterocycles. The molecule has 0 spiro atoms. The van der Waals surface area contributed by atoms with Crippen LogP contribution in [0.15, 0.2) is 150 Å². The number of carbonyl (C=O) groups is 1. The van der Waals surface area contributed by atoms with Gasteiger partial charge in [-0.15, -0.1) is 0 Å². The first kappa shape index (κ1) is 25.1. The number of hydrogen-bond donors (Lipinski definition) is 0. The molecule has 0 bridgehead atoms. The summed E-state index contributed by atoms with van der Waals surface area (Å²) in [5.74, 6) is 1.16. The lowest BCUT2D eigenvalue weighted by molar-refractivity contribution is 0.103. The predicted octanol–water partition coefficient (Wildman–Crippen LogP) is 9.74. The molecule has 0 N–H and O–H groups in total. The average molecular weight is 517 g/mol. The van der Waals surface area contributed by atoms with E-state index in [-0.39, 0.29) is 5.78 Å².